The first-order valence-electron chi connectivity index (χ1n) is 7.79. The minimum atomic E-state index is 0.474. The minimum absolute atomic E-state index is 0.474. The summed E-state index contributed by atoms with van der Waals surface area (Å²) in [4.78, 5) is 16.4. The van der Waals surface area contributed by atoms with E-state index in [1.54, 1.807) is 6.33 Å². The van der Waals surface area contributed by atoms with Crippen LogP contribution < -0.4 is 10.6 Å². The average molecular weight is 288 g/mol. The summed E-state index contributed by atoms with van der Waals surface area (Å²) >= 11 is 0. The van der Waals surface area contributed by atoms with Crippen molar-refractivity contribution in [3.05, 3.63) is 6.33 Å². The second-order valence-corrected chi connectivity index (χ2v) is 6.61. The van der Waals surface area contributed by atoms with Gasteiger partial charge in [0.15, 0.2) is 11.5 Å². The zero-order valence-corrected chi connectivity index (χ0v) is 13.0. The molecule has 0 atom stereocenters. The molecule has 1 aliphatic carbocycles. The fourth-order valence-electron chi connectivity index (χ4n) is 2.91. The number of imidazole rings is 1. The molecule has 114 valence electrons. The van der Waals surface area contributed by atoms with Crippen molar-refractivity contribution >= 4 is 22.9 Å². The molecule has 0 aromatic carbocycles. The van der Waals surface area contributed by atoms with Crippen molar-refractivity contribution in [2.45, 2.75) is 52.5 Å². The van der Waals surface area contributed by atoms with E-state index in [-0.39, 0.29) is 0 Å². The Labute approximate surface area is 125 Å². The largest absolute Gasteiger partial charge is 0.365 e. The normalized spacial score (nSPS) is 18.8. The zero-order valence-electron chi connectivity index (χ0n) is 13.0. The number of aromatic amines is 1. The number of hydrogen-bond acceptors (Lipinski definition) is 5. The highest BCUT2D eigenvalue weighted by molar-refractivity contribution is 5.83. The maximum absolute atomic E-state index is 4.59. The first kappa shape index (κ1) is 14.1. The van der Waals surface area contributed by atoms with Gasteiger partial charge in [0.05, 0.1) is 6.33 Å². The van der Waals surface area contributed by atoms with Gasteiger partial charge in [-0.15, -0.1) is 0 Å². The van der Waals surface area contributed by atoms with Gasteiger partial charge in [-0.1, -0.05) is 13.8 Å². The van der Waals surface area contributed by atoms with E-state index in [9.17, 15) is 0 Å². The molecular weight excluding hydrogens is 264 g/mol. The molecule has 0 radical (unpaired) electrons. The third kappa shape index (κ3) is 3.09. The molecule has 2 aromatic rings. The van der Waals surface area contributed by atoms with Crippen LogP contribution in [0.25, 0.3) is 11.2 Å². The number of rotatable bonds is 4. The van der Waals surface area contributed by atoms with Crippen LogP contribution in [0.4, 0.5) is 11.8 Å². The average Bonchev–Trinajstić information content (AvgIpc) is 2.90. The molecule has 0 aliphatic heterocycles. The lowest BCUT2D eigenvalue weighted by Gasteiger charge is -2.34. The molecule has 0 saturated heterocycles. The van der Waals surface area contributed by atoms with E-state index in [0.717, 1.165) is 17.9 Å². The quantitative estimate of drug-likeness (QED) is 0.805. The molecule has 3 N–H and O–H groups in total. The Balaban J connectivity index is 1.81. The van der Waals surface area contributed by atoms with E-state index in [4.69, 9.17) is 0 Å². The van der Waals surface area contributed by atoms with Crippen molar-refractivity contribution in [2.24, 2.45) is 5.41 Å². The van der Waals surface area contributed by atoms with Crippen molar-refractivity contribution in [3.63, 3.8) is 0 Å². The van der Waals surface area contributed by atoms with E-state index in [0.29, 0.717) is 23.1 Å². The standard InChI is InChI=1S/C15H24N6/c1-4-16-14-20-12-11(17-9-18-12)13(21-14)19-10-5-7-15(2,3)8-6-10/h9-10H,4-8H2,1-3H3,(H3,16,17,18,19,20,21). The van der Waals surface area contributed by atoms with Crippen LogP contribution in [0.2, 0.25) is 0 Å². The van der Waals surface area contributed by atoms with Gasteiger partial charge in [0.1, 0.15) is 5.52 Å². The smallest absolute Gasteiger partial charge is 0.226 e. The molecule has 0 amide bonds. The van der Waals surface area contributed by atoms with E-state index in [1.165, 1.54) is 25.7 Å². The fourth-order valence-corrected chi connectivity index (χ4v) is 2.91. The summed E-state index contributed by atoms with van der Waals surface area (Å²) in [7, 11) is 0. The molecule has 6 heteroatoms. The van der Waals surface area contributed by atoms with Crippen LogP contribution in [0.15, 0.2) is 6.33 Å². The van der Waals surface area contributed by atoms with E-state index in [1.807, 2.05) is 6.92 Å². The summed E-state index contributed by atoms with van der Waals surface area (Å²) in [6.45, 7) is 7.54. The highest BCUT2D eigenvalue weighted by Crippen LogP contribution is 2.36. The summed E-state index contributed by atoms with van der Waals surface area (Å²) < 4.78 is 0. The molecule has 21 heavy (non-hydrogen) atoms. The number of fused-ring (bicyclic) bond motifs is 1. The van der Waals surface area contributed by atoms with Crippen LogP contribution in [-0.2, 0) is 0 Å². The monoisotopic (exact) mass is 288 g/mol. The SMILES string of the molecule is CCNc1nc(NC2CCC(C)(C)CC2)c2[nH]cnc2n1. The van der Waals surface area contributed by atoms with Crippen molar-refractivity contribution in [3.8, 4) is 0 Å². The number of H-pyrrole nitrogens is 1. The minimum Gasteiger partial charge on any atom is -0.365 e. The van der Waals surface area contributed by atoms with Crippen molar-refractivity contribution < 1.29 is 0 Å². The predicted molar refractivity (Wildman–Crippen MR) is 85.5 cm³/mol. The predicted octanol–water partition coefficient (Wildman–Crippen LogP) is 3.17. The van der Waals surface area contributed by atoms with Gasteiger partial charge >= 0.3 is 0 Å². The summed E-state index contributed by atoms with van der Waals surface area (Å²) in [6, 6.07) is 0.480. The summed E-state index contributed by atoms with van der Waals surface area (Å²) in [5.74, 6) is 1.49. The lowest BCUT2D eigenvalue weighted by Crippen LogP contribution is -2.30. The van der Waals surface area contributed by atoms with Crippen LogP contribution in [0, 0.1) is 5.41 Å². The van der Waals surface area contributed by atoms with Gasteiger partial charge in [0.2, 0.25) is 5.95 Å². The van der Waals surface area contributed by atoms with Gasteiger partial charge in [0.25, 0.3) is 0 Å². The van der Waals surface area contributed by atoms with Gasteiger partial charge in [0, 0.05) is 12.6 Å². The van der Waals surface area contributed by atoms with Crippen LogP contribution in [0.3, 0.4) is 0 Å². The zero-order chi connectivity index (χ0) is 14.9. The fraction of sp³-hybridized carbons (Fsp3) is 0.667. The van der Waals surface area contributed by atoms with E-state index >= 15 is 0 Å². The Hall–Kier alpha value is -1.85. The van der Waals surface area contributed by atoms with Crippen LogP contribution in [0.5, 0.6) is 0 Å². The van der Waals surface area contributed by atoms with E-state index < -0.39 is 0 Å². The topological polar surface area (TPSA) is 78.5 Å². The first-order valence-corrected chi connectivity index (χ1v) is 7.79. The third-order valence-corrected chi connectivity index (χ3v) is 4.30. The Morgan fingerprint density at radius 3 is 2.76 bits per heavy atom. The Kier molecular flexibility index (Phi) is 3.69. The maximum atomic E-state index is 4.59. The Bertz CT molecular complexity index is 608. The molecule has 6 nitrogen and oxygen atoms in total. The molecule has 3 rings (SSSR count). The molecule has 2 aromatic heterocycles. The van der Waals surface area contributed by atoms with Crippen LogP contribution >= 0.6 is 0 Å². The summed E-state index contributed by atoms with van der Waals surface area (Å²) in [5, 5.41) is 6.75. The molecule has 2 heterocycles. The second-order valence-electron chi connectivity index (χ2n) is 6.61. The lowest BCUT2D eigenvalue weighted by molar-refractivity contribution is 0.232. The molecule has 1 saturated carbocycles. The lowest BCUT2D eigenvalue weighted by atomic mass is 9.75. The molecule has 1 aliphatic rings. The maximum Gasteiger partial charge on any atom is 0.226 e. The molecule has 0 unspecified atom stereocenters. The number of hydrogen-bond donors (Lipinski definition) is 3. The van der Waals surface area contributed by atoms with Gasteiger partial charge < -0.3 is 15.6 Å². The molecular formula is C15H24N6. The molecule has 0 spiro atoms. The highest BCUT2D eigenvalue weighted by atomic mass is 15.2. The van der Waals surface area contributed by atoms with Crippen molar-refractivity contribution in [2.75, 3.05) is 17.2 Å². The summed E-state index contributed by atoms with van der Waals surface area (Å²) in [5.41, 5.74) is 2.07. The first-order chi connectivity index (χ1) is 10.1. The Morgan fingerprint density at radius 2 is 2.05 bits per heavy atom. The van der Waals surface area contributed by atoms with Gasteiger partial charge in [-0.3, -0.25) is 0 Å². The summed E-state index contributed by atoms with van der Waals surface area (Å²) in [6.07, 6.45) is 6.54. The van der Waals surface area contributed by atoms with Crippen molar-refractivity contribution in [1.82, 2.24) is 19.9 Å². The van der Waals surface area contributed by atoms with Gasteiger partial charge in [-0.25, -0.2) is 4.98 Å². The second kappa shape index (κ2) is 5.50. The third-order valence-electron chi connectivity index (χ3n) is 4.30. The number of anilines is 2. The highest BCUT2D eigenvalue weighted by Gasteiger charge is 2.27. The van der Waals surface area contributed by atoms with Crippen molar-refractivity contribution in [1.29, 1.82) is 0 Å². The number of aromatic nitrogens is 4. The molecule has 0 bridgehead atoms. The van der Waals surface area contributed by atoms with Crippen LogP contribution in [-0.4, -0.2) is 32.5 Å². The Morgan fingerprint density at radius 1 is 1.29 bits per heavy atom. The van der Waals surface area contributed by atoms with Gasteiger partial charge in [-0.05, 0) is 38.0 Å². The van der Waals surface area contributed by atoms with Gasteiger partial charge in [-0.2, -0.15) is 9.97 Å². The van der Waals surface area contributed by atoms with Crippen LogP contribution in [0.1, 0.15) is 46.5 Å². The molecule has 1 fully saturated rings. The van der Waals surface area contributed by atoms with E-state index in [2.05, 4.69) is 44.4 Å². The number of nitrogens with one attached hydrogen (secondary N) is 3. The number of nitrogens with zero attached hydrogens (tertiary/aromatic N) is 3.